The molecule has 0 amide bonds. The summed E-state index contributed by atoms with van der Waals surface area (Å²) in [6, 6.07) is 3.97. The topological polar surface area (TPSA) is 45.7 Å². The van der Waals surface area contributed by atoms with Gasteiger partial charge < -0.3 is 15.4 Å². The van der Waals surface area contributed by atoms with E-state index in [1.54, 1.807) is 27.0 Å². The van der Waals surface area contributed by atoms with Crippen molar-refractivity contribution in [3.05, 3.63) is 42.0 Å². The molecule has 0 radical (unpaired) electrons. The summed E-state index contributed by atoms with van der Waals surface area (Å²) >= 11 is 0. The van der Waals surface area contributed by atoms with Crippen molar-refractivity contribution >= 4 is 5.96 Å². The highest BCUT2D eigenvalue weighted by molar-refractivity contribution is 5.79. The fourth-order valence-corrected chi connectivity index (χ4v) is 1.89. The van der Waals surface area contributed by atoms with Crippen LogP contribution in [0.2, 0.25) is 0 Å². The van der Waals surface area contributed by atoms with E-state index in [0.29, 0.717) is 12.5 Å². The maximum Gasteiger partial charge on any atom is 0.416 e. The van der Waals surface area contributed by atoms with Gasteiger partial charge in [0.1, 0.15) is 5.75 Å². The minimum atomic E-state index is -4.45. The molecule has 0 fully saturated rings. The van der Waals surface area contributed by atoms with Gasteiger partial charge in [0.25, 0.3) is 0 Å². The number of hydrogen-bond acceptors (Lipinski definition) is 2. The first kappa shape index (κ1) is 18.9. The first-order chi connectivity index (χ1) is 10.8. The molecular formula is C16H22F3N3O. The number of nitrogens with zero attached hydrogens (tertiary/aromatic N) is 1. The number of aliphatic imine (C=N–C) groups is 1. The molecule has 128 valence electrons. The fourth-order valence-electron chi connectivity index (χ4n) is 1.89. The van der Waals surface area contributed by atoms with Gasteiger partial charge in [-0.2, -0.15) is 13.2 Å². The van der Waals surface area contributed by atoms with Crippen molar-refractivity contribution in [2.75, 3.05) is 13.6 Å². The molecular weight excluding hydrogens is 307 g/mol. The van der Waals surface area contributed by atoms with Crippen molar-refractivity contribution < 1.29 is 17.9 Å². The molecule has 4 nitrogen and oxygen atoms in total. The van der Waals surface area contributed by atoms with Crippen LogP contribution < -0.4 is 15.4 Å². The Balaban J connectivity index is 2.94. The summed E-state index contributed by atoms with van der Waals surface area (Å²) in [4.78, 5) is 3.93. The first-order valence-corrected chi connectivity index (χ1v) is 7.20. The Hall–Kier alpha value is -2.18. The second-order valence-electron chi connectivity index (χ2n) is 5.08. The van der Waals surface area contributed by atoms with Crippen molar-refractivity contribution in [1.29, 1.82) is 0 Å². The standard InChI is InChI=1S/C16H22F3N3O/c1-5-8-21-15(20-4)22-10-12-6-7-13(23-11(2)3)9-14(12)16(17,18)19/h5-7,9,11H,1,8,10H2,2-4H3,(H2,20,21,22). The average molecular weight is 329 g/mol. The number of nitrogens with one attached hydrogen (secondary N) is 2. The van der Waals surface area contributed by atoms with Gasteiger partial charge in [-0.15, -0.1) is 6.58 Å². The van der Waals surface area contributed by atoms with Crippen LogP contribution in [0.25, 0.3) is 0 Å². The lowest BCUT2D eigenvalue weighted by Crippen LogP contribution is -2.37. The molecule has 2 N–H and O–H groups in total. The van der Waals surface area contributed by atoms with Gasteiger partial charge in [0.05, 0.1) is 11.7 Å². The number of alkyl halides is 3. The molecule has 0 unspecified atom stereocenters. The molecule has 0 aliphatic carbocycles. The molecule has 0 spiro atoms. The van der Waals surface area contributed by atoms with Crippen LogP contribution in [0, 0.1) is 0 Å². The van der Waals surface area contributed by atoms with Gasteiger partial charge in [-0.3, -0.25) is 4.99 Å². The molecule has 0 aliphatic heterocycles. The Morgan fingerprint density at radius 1 is 1.35 bits per heavy atom. The maximum absolute atomic E-state index is 13.2. The average Bonchev–Trinajstić information content (AvgIpc) is 2.47. The molecule has 0 aromatic heterocycles. The van der Waals surface area contributed by atoms with E-state index >= 15 is 0 Å². The first-order valence-electron chi connectivity index (χ1n) is 7.20. The molecule has 7 heteroatoms. The number of halogens is 3. The van der Waals surface area contributed by atoms with E-state index in [2.05, 4.69) is 22.2 Å². The van der Waals surface area contributed by atoms with Crippen LogP contribution >= 0.6 is 0 Å². The zero-order chi connectivity index (χ0) is 17.5. The lowest BCUT2D eigenvalue weighted by Gasteiger charge is -2.17. The molecule has 0 aliphatic rings. The summed E-state index contributed by atoms with van der Waals surface area (Å²) in [5, 5.41) is 5.74. The van der Waals surface area contributed by atoms with Crippen molar-refractivity contribution in [3.8, 4) is 5.75 Å². The van der Waals surface area contributed by atoms with Crippen LogP contribution in [0.15, 0.2) is 35.8 Å². The molecule has 1 aromatic rings. The van der Waals surface area contributed by atoms with Crippen LogP contribution in [0.3, 0.4) is 0 Å². The second kappa shape index (κ2) is 8.45. The Labute approximate surface area is 134 Å². The van der Waals surface area contributed by atoms with Crippen molar-refractivity contribution in [2.45, 2.75) is 32.7 Å². The van der Waals surface area contributed by atoms with E-state index in [4.69, 9.17) is 4.74 Å². The monoisotopic (exact) mass is 329 g/mol. The molecule has 1 aromatic carbocycles. The van der Waals surface area contributed by atoms with E-state index in [0.717, 1.165) is 6.07 Å². The summed E-state index contributed by atoms with van der Waals surface area (Å²) < 4.78 is 45.0. The number of rotatable bonds is 6. The lowest BCUT2D eigenvalue weighted by atomic mass is 10.1. The molecule has 1 rings (SSSR count). The lowest BCUT2D eigenvalue weighted by molar-refractivity contribution is -0.138. The number of guanidine groups is 1. The Bertz CT molecular complexity index is 554. The third-order valence-corrected chi connectivity index (χ3v) is 2.84. The third-order valence-electron chi connectivity index (χ3n) is 2.84. The molecule has 0 heterocycles. The van der Waals surface area contributed by atoms with Crippen molar-refractivity contribution in [2.24, 2.45) is 4.99 Å². The van der Waals surface area contributed by atoms with Gasteiger partial charge in [-0.25, -0.2) is 0 Å². The van der Waals surface area contributed by atoms with Crippen LogP contribution in [-0.2, 0) is 12.7 Å². The van der Waals surface area contributed by atoms with E-state index in [1.807, 2.05) is 0 Å². The van der Waals surface area contributed by atoms with Crippen LogP contribution in [0.5, 0.6) is 5.75 Å². The van der Waals surface area contributed by atoms with Gasteiger partial charge in [-0.1, -0.05) is 12.1 Å². The zero-order valence-electron chi connectivity index (χ0n) is 13.5. The van der Waals surface area contributed by atoms with Crippen LogP contribution in [-0.4, -0.2) is 25.7 Å². The molecule has 0 saturated carbocycles. The van der Waals surface area contributed by atoms with Crippen molar-refractivity contribution in [1.82, 2.24) is 10.6 Å². The molecule has 0 atom stereocenters. The Kier molecular flexibility index (Phi) is 6.93. The molecule has 23 heavy (non-hydrogen) atoms. The third kappa shape index (κ3) is 6.22. The largest absolute Gasteiger partial charge is 0.491 e. The van der Waals surface area contributed by atoms with Crippen LogP contribution in [0.1, 0.15) is 25.0 Å². The summed E-state index contributed by atoms with van der Waals surface area (Å²) in [7, 11) is 1.54. The Morgan fingerprint density at radius 2 is 2.04 bits per heavy atom. The number of hydrogen-bond donors (Lipinski definition) is 2. The normalized spacial score (nSPS) is 12.2. The van der Waals surface area contributed by atoms with E-state index in [1.165, 1.54) is 12.1 Å². The zero-order valence-corrected chi connectivity index (χ0v) is 13.5. The van der Waals surface area contributed by atoms with Gasteiger partial charge in [0.2, 0.25) is 0 Å². The summed E-state index contributed by atoms with van der Waals surface area (Å²) in [6.45, 7) is 7.54. The minimum absolute atomic E-state index is 0.00633. The van der Waals surface area contributed by atoms with Gasteiger partial charge >= 0.3 is 6.18 Å². The van der Waals surface area contributed by atoms with E-state index < -0.39 is 11.7 Å². The predicted molar refractivity (Wildman–Crippen MR) is 85.6 cm³/mol. The molecule has 0 saturated heterocycles. The number of benzene rings is 1. The predicted octanol–water partition coefficient (Wildman–Crippen LogP) is 3.34. The smallest absolute Gasteiger partial charge is 0.416 e. The minimum Gasteiger partial charge on any atom is -0.491 e. The van der Waals surface area contributed by atoms with Crippen molar-refractivity contribution in [3.63, 3.8) is 0 Å². The summed E-state index contributed by atoms with van der Waals surface area (Å²) in [5.41, 5.74) is -0.600. The van der Waals surface area contributed by atoms with E-state index in [9.17, 15) is 13.2 Å². The summed E-state index contributed by atoms with van der Waals surface area (Å²) in [5.74, 6) is 0.603. The SMILES string of the molecule is C=CCNC(=NC)NCc1ccc(OC(C)C)cc1C(F)(F)F. The maximum atomic E-state index is 13.2. The molecule has 0 bridgehead atoms. The van der Waals surface area contributed by atoms with Gasteiger partial charge in [0.15, 0.2) is 5.96 Å². The highest BCUT2D eigenvalue weighted by Crippen LogP contribution is 2.34. The Morgan fingerprint density at radius 3 is 2.57 bits per heavy atom. The van der Waals surface area contributed by atoms with Crippen LogP contribution in [0.4, 0.5) is 13.2 Å². The fraction of sp³-hybridized carbons (Fsp3) is 0.438. The highest BCUT2D eigenvalue weighted by Gasteiger charge is 2.33. The summed E-state index contributed by atoms with van der Waals surface area (Å²) in [6.07, 6.45) is -3.01. The number of ether oxygens (including phenoxy) is 1. The van der Waals surface area contributed by atoms with Gasteiger partial charge in [0, 0.05) is 20.1 Å². The van der Waals surface area contributed by atoms with Gasteiger partial charge in [-0.05, 0) is 31.5 Å². The quantitative estimate of drug-likeness (QED) is 0.478. The highest BCUT2D eigenvalue weighted by atomic mass is 19.4. The second-order valence-corrected chi connectivity index (χ2v) is 5.08. The van der Waals surface area contributed by atoms with E-state index in [-0.39, 0.29) is 24.0 Å².